The minimum absolute atomic E-state index is 0.0261. The van der Waals surface area contributed by atoms with Gasteiger partial charge in [0.1, 0.15) is 98.7 Å². The Kier molecular flexibility index (Phi) is 46.7. The molecule has 94 heavy (non-hydrogen) atoms. The highest BCUT2D eigenvalue weighted by Crippen LogP contribution is 2.49. The van der Waals surface area contributed by atoms with Gasteiger partial charge in [0.2, 0.25) is 0 Å². The normalized spacial score (nSPS) is 28.5. The van der Waals surface area contributed by atoms with E-state index in [4.69, 9.17) is 42.2 Å². The van der Waals surface area contributed by atoms with Gasteiger partial charge in [-0.25, -0.2) is 9.36 Å². The lowest BCUT2D eigenvalue weighted by Crippen LogP contribution is -2.69. The molecule has 0 bridgehead atoms. The van der Waals surface area contributed by atoms with Crippen LogP contribution in [0.4, 0.5) is 0 Å². The SMILES string of the molecule is CCCCCCCC/C=C\CCCCCC(=O)OC(COC(=O)/C=C/C=C/CCCCCCCCCCCCC)COP(=O)(O)OC1C(OC2OC(CO)C(O)C(O)C2O)C(O)C(O)C(O)C1OC1OC(COC(=O)CCCCCCCCCCCCC)C(O)C(O)C1O. The Bertz CT molecular complexity index is 2100. The number of aliphatic hydroxyl groups is 10. The van der Waals surface area contributed by atoms with E-state index in [2.05, 4.69) is 32.9 Å². The molecule has 0 amide bonds. The van der Waals surface area contributed by atoms with Crippen LogP contribution in [0.15, 0.2) is 36.5 Å². The lowest BCUT2D eigenvalue weighted by molar-refractivity contribution is -0.360. The summed E-state index contributed by atoms with van der Waals surface area (Å²) in [6.07, 6.45) is 11.7. The summed E-state index contributed by atoms with van der Waals surface area (Å²) in [5.74, 6) is -2.27. The number of phosphoric ester groups is 1. The lowest BCUT2D eigenvalue weighted by Gasteiger charge is -2.49. The Hall–Kier alpha value is -2.82. The van der Waals surface area contributed by atoms with Crippen LogP contribution in [0.1, 0.15) is 252 Å². The monoisotopic (exact) mass is 1370 g/mol. The quantitative estimate of drug-likeness (QED) is 0.00515. The van der Waals surface area contributed by atoms with Gasteiger partial charge in [-0.1, -0.05) is 218 Å². The molecule has 18 atom stereocenters. The molecule has 0 aromatic heterocycles. The molecule has 3 fully saturated rings. The summed E-state index contributed by atoms with van der Waals surface area (Å²) in [6, 6.07) is 0. The van der Waals surface area contributed by atoms with Gasteiger partial charge in [0.25, 0.3) is 0 Å². The number of carbonyl (C=O) groups excluding carboxylic acids is 3. The molecule has 1 aliphatic carbocycles. The first kappa shape index (κ1) is 85.4. The second-order valence-electron chi connectivity index (χ2n) is 25.7. The maximum atomic E-state index is 14.3. The van der Waals surface area contributed by atoms with Gasteiger partial charge in [-0.2, -0.15) is 0 Å². The van der Waals surface area contributed by atoms with Crippen LogP contribution in [0.25, 0.3) is 0 Å². The highest BCUT2D eigenvalue weighted by atomic mass is 31.2. The zero-order valence-electron chi connectivity index (χ0n) is 56.7. The van der Waals surface area contributed by atoms with Crippen LogP contribution < -0.4 is 0 Å². The summed E-state index contributed by atoms with van der Waals surface area (Å²) in [4.78, 5) is 50.7. The zero-order chi connectivity index (χ0) is 68.9. The van der Waals surface area contributed by atoms with Gasteiger partial charge in [0.15, 0.2) is 18.7 Å². The van der Waals surface area contributed by atoms with Crippen molar-refractivity contribution in [1.82, 2.24) is 0 Å². The van der Waals surface area contributed by atoms with Crippen molar-refractivity contribution < 1.29 is 117 Å². The smallest absolute Gasteiger partial charge is 0.463 e. The van der Waals surface area contributed by atoms with Crippen LogP contribution in [0.2, 0.25) is 0 Å². The van der Waals surface area contributed by atoms with Crippen molar-refractivity contribution in [2.24, 2.45) is 0 Å². The van der Waals surface area contributed by atoms with Crippen LogP contribution in [0, 0.1) is 0 Å². The van der Waals surface area contributed by atoms with Crippen molar-refractivity contribution in [3.63, 3.8) is 0 Å². The molecule has 25 heteroatoms. The molecule has 548 valence electrons. The second kappa shape index (κ2) is 51.4. The molecule has 0 spiro atoms. The summed E-state index contributed by atoms with van der Waals surface area (Å²) in [5, 5.41) is 110. The van der Waals surface area contributed by atoms with E-state index in [1.165, 1.54) is 122 Å². The molecular weight excluding hydrogens is 1240 g/mol. The van der Waals surface area contributed by atoms with Gasteiger partial charge in [-0.15, -0.1) is 0 Å². The van der Waals surface area contributed by atoms with Crippen LogP contribution in [-0.4, -0.2) is 204 Å². The van der Waals surface area contributed by atoms with Crippen LogP contribution in [0.5, 0.6) is 0 Å². The number of hydrogen-bond acceptors (Lipinski definition) is 23. The van der Waals surface area contributed by atoms with E-state index >= 15 is 0 Å². The lowest BCUT2D eigenvalue weighted by atomic mass is 9.84. The fourth-order valence-electron chi connectivity index (χ4n) is 11.6. The first-order valence-electron chi connectivity index (χ1n) is 35.8. The first-order chi connectivity index (χ1) is 45.3. The number of phosphoric acid groups is 1. The average Bonchev–Trinajstić information content (AvgIpc) is 0.767. The Morgan fingerprint density at radius 3 is 1.30 bits per heavy atom. The highest BCUT2D eigenvalue weighted by molar-refractivity contribution is 7.47. The Balaban J connectivity index is 1.78. The van der Waals surface area contributed by atoms with Gasteiger partial charge < -0.3 is 89.1 Å². The Morgan fingerprint density at radius 1 is 0.436 bits per heavy atom. The van der Waals surface area contributed by atoms with Gasteiger partial charge in [-0.05, 0) is 51.4 Å². The number of hydrogen-bond donors (Lipinski definition) is 11. The van der Waals surface area contributed by atoms with Crippen molar-refractivity contribution in [1.29, 1.82) is 0 Å². The van der Waals surface area contributed by atoms with Crippen molar-refractivity contribution >= 4 is 25.7 Å². The molecule has 11 N–H and O–H groups in total. The third-order valence-electron chi connectivity index (χ3n) is 17.5. The topological polar surface area (TPSA) is 374 Å². The van der Waals surface area contributed by atoms with Gasteiger partial charge in [0.05, 0.1) is 13.2 Å². The molecule has 3 aliphatic rings. The molecule has 2 aliphatic heterocycles. The third kappa shape index (κ3) is 34.8. The van der Waals surface area contributed by atoms with Crippen molar-refractivity contribution in [2.45, 2.75) is 356 Å². The summed E-state index contributed by atoms with van der Waals surface area (Å²) >= 11 is 0. The average molecular weight is 1370 g/mol. The van der Waals surface area contributed by atoms with E-state index in [9.17, 15) is 74.9 Å². The summed E-state index contributed by atoms with van der Waals surface area (Å²) in [5.41, 5.74) is 0. The predicted molar refractivity (Wildman–Crippen MR) is 351 cm³/mol. The number of aliphatic hydroxyl groups excluding tert-OH is 10. The van der Waals surface area contributed by atoms with E-state index in [1.807, 2.05) is 6.08 Å². The first-order valence-corrected chi connectivity index (χ1v) is 37.3. The Morgan fingerprint density at radius 2 is 0.830 bits per heavy atom. The third-order valence-corrected chi connectivity index (χ3v) is 18.5. The molecular formula is C69H123O24P. The molecule has 2 heterocycles. The number of esters is 3. The largest absolute Gasteiger partial charge is 0.472 e. The summed E-state index contributed by atoms with van der Waals surface area (Å²) < 4.78 is 64.6. The number of rotatable bonds is 54. The van der Waals surface area contributed by atoms with Gasteiger partial charge in [0, 0.05) is 18.9 Å². The second-order valence-corrected chi connectivity index (χ2v) is 27.1. The maximum absolute atomic E-state index is 14.3. The van der Waals surface area contributed by atoms with E-state index in [0.717, 1.165) is 89.5 Å². The van der Waals surface area contributed by atoms with Gasteiger partial charge >= 0.3 is 25.7 Å². The molecule has 0 radical (unpaired) electrons. The number of unbranched alkanes of at least 4 members (excludes halogenated alkanes) is 30. The van der Waals surface area contributed by atoms with Crippen molar-refractivity contribution in [3.8, 4) is 0 Å². The van der Waals surface area contributed by atoms with E-state index < -0.39 is 156 Å². The molecule has 2 saturated heterocycles. The number of carbonyl (C=O) groups is 3. The van der Waals surface area contributed by atoms with Crippen LogP contribution in [0.3, 0.4) is 0 Å². The van der Waals surface area contributed by atoms with E-state index in [1.54, 1.807) is 6.08 Å². The summed E-state index contributed by atoms with van der Waals surface area (Å²) in [7, 11) is -5.72. The van der Waals surface area contributed by atoms with E-state index in [0.29, 0.717) is 19.3 Å². The molecule has 18 unspecified atom stereocenters. The zero-order valence-corrected chi connectivity index (χ0v) is 57.6. The molecule has 0 aromatic rings. The Labute approximate surface area is 559 Å². The highest BCUT2D eigenvalue weighted by Gasteiger charge is 2.58. The number of allylic oxidation sites excluding steroid dienone is 5. The summed E-state index contributed by atoms with van der Waals surface area (Å²) in [6.45, 7) is 3.26. The molecule has 0 aromatic carbocycles. The molecule has 24 nitrogen and oxygen atoms in total. The minimum Gasteiger partial charge on any atom is -0.463 e. The standard InChI is InChI=1S/C69H123O24P/c1-4-7-10-13-16-19-22-24-25-27-29-32-34-37-40-43-53(71)85-47-50(88-55(73)45-42-39-36-33-30-26-23-20-17-14-11-8-5-2)48-87-94(83,84)93-67-65(91-68-63(81)58(76)56(74)51(46-70)89-68)61(79)60(78)62(80)66(67)92-69-64(82)59(77)57(75)52(90-69)49-86-54(72)44-41-38-35-31-28-21-18-15-12-9-6-3/h26,30,34,37,40,43,50-52,56-70,74-82H,4-25,27-29,31-33,35-36,38-39,41-42,44-49H2,1-3H3,(H,83,84)/b30-26-,37-34+,43-40+. The van der Waals surface area contributed by atoms with Crippen LogP contribution >= 0.6 is 7.82 Å². The van der Waals surface area contributed by atoms with Gasteiger partial charge in [-0.3, -0.25) is 18.6 Å². The fraction of sp³-hybridized carbons (Fsp3) is 0.870. The predicted octanol–water partition coefficient (Wildman–Crippen LogP) is 8.73. The van der Waals surface area contributed by atoms with E-state index in [-0.39, 0.29) is 12.8 Å². The van der Waals surface area contributed by atoms with Crippen molar-refractivity contribution in [3.05, 3.63) is 36.5 Å². The van der Waals surface area contributed by atoms with Crippen LogP contribution in [-0.2, 0) is 61.2 Å². The van der Waals surface area contributed by atoms with Crippen molar-refractivity contribution in [2.75, 3.05) is 26.4 Å². The number of ether oxygens (including phenoxy) is 7. The fourth-order valence-corrected chi connectivity index (χ4v) is 12.6. The molecule has 1 saturated carbocycles. The minimum atomic E-state index is -5.72. The maximum Gasteiger partial charge on any atom is 0.472 e. The molecule has 3 rings (SSSR count).